The molecule has 0 N–H and O–H groups in total. The van der Waals surface area contributed by atoms with E-state index in [-0.39, 0.29) is 0 Å². The molecule has 0 saturated heterocycles. The van der Waals surface area contributed by atoms with Crippen LogP contribution in [0.3, 0.4) is 0 Å². The van der Waals surface area contributed by atoms with Crippen molar-refractivity contribution in [1.82, 2.24) is 19.9 Å². The summed E-state index contributed by atoms with van der Waals surface area (Å²) in [6.07, 6.45) is 4.36. The van der Waals surface area contributed by atoms with Gasteiger partial charge in [-0.2, -0.15) is 0 Å². The molecule has 0 spiro atoms. The Bertz CT molecular complexity index is 901. The molecule has 3 heterocycles. The fourth-order valence-electron chi connectivity index (χ4n) is 3.34. The first-order valence-corrected chi connectivity index (χ1v) is 8.84. The van der Waals surface area contributed by atoms with Crippen molar-refractivity contribution >= 4 is 5.82 Å². The number of benzene rings is 1. The van der Waals surface area contributed by atoms with E-state index in [1.54, 1.807) is 12.6 Å². The van der Waals surface area contributed by atoms with Crippen LogP contribution in [0.5, 0.6) is 0 Å². The first-order valence-electron chi connectivity index (χ1n) is 8.84. The van der Waals surface area contributed by atoms with Gasteiger partial charge in [-0.1, -0.05) is 17.7 Å². The molecule has 0 aliphatic carbocycles. The highest BCUT2D eigenvalue weighted by Crippen LogP contribution is 2.26. The van der Waals surface area contributed by atoms with Crippen LogP contribution in [0.15, 0.2) is 41.3 Å². The van der Waals surface area contributed by atoms with E-state index < -0.39 is 0 Å². The normalized spacial score (nSPS) is 14.3. The molecule has 6 nitrogen and oxygen atoms in total. The Morgan fingerprint density at radius 3 is 2.73 bits per heavy atom. The Hall–Kier alpha value is -2.73. The van der Waals surface area contributed by atoms with Crippen LogP contribution in [0.1, 0.15) is 22.5 Å². The summed E-state index contributed by atoms with van der Waals surface area (Å²) in [6.45, 7) is 4.63. The summed E-state index contributed by atoms with van der Waals surface area (Å²) in [5, 5.41) is 0. The number of anilines is 1. The molecule has 1 aromatic carbocycles. The van der Waals surface area contributed by atoms with E-state index in [1.807, 2.05) is 26.2 Å². The first-order chi connectivity index (χ1) is 12.6. The van der Waals surface area contributed by atoms with Crippen molar-refractivity contribution in [1.29, 1.82) is 0 Å². The van der Waals surface area contributed by atoms with Gasteiger partial charge in [0, 0.05) is 51.3 Å². The Morgan fingerprint density at radius 2 is 1.96 bits per heavy atom. The lowest BCUT2D eigenvalue weighted by molar-refractivity contribution is 0.240. The first kappa shape index (κ1) is 16.7. The molecule has 0 fully saturated rings. The highest BCUT2D eigenvalue weighted by Gasteiger charge is 2.22. The smallest absolute Gasteiger partial charge is 0.226 e. The maximum absolute atomic E-state index is 5.69. The maximum atomic E-state index is 5.69. The van der Waals surface area contributed by atoms with Crippen molar-refractivity contribution < 1.29 is 4.42 Å². The van der Waals surface area contributed by atoms with Crippen LogP contribution >= 0.6 is 0 Å². The number of hydrogen-bond donors (Lipinski definition) is 0. The summed E-state index contributed by atoms with van der Waals surface area (Å²) < 4.78 is 5.69. The standard InChI is InChI=1S/C20H23N5O/c1-14-4-6-15(7-5-14)20-23-16(12-26-20)10-25-9-8-18-17(11-25)19(24(2)3)22-13-21-18/h4-7,12-13H,8-11H2,1-3H3. The van der Waals surface area contributed by atoms with Gasteiger partial charge in [0.25, 0.3) is 0 Å². The van der Waals surface area contributed by atoms with Gasteiger partial charge in [0.15, 0.2) is 0 Å². The number of aryl methyl sites for hydroxylation is 1. The minimum atomic E-state index is 0.676. The Morgan fingerprint density at radius 1 is 1.15 bits per heavy atom. The molecule has 0 bridgehead atoms. The van der Waals surface area contributed by atoms with Crippen molar-refractivity contribution in [2.24, 2.45) is 0 Å². The molecule has 2 aromatic heterocycles. The molecular formula is C20H23N5O. The van der Waals surface area contributed by atoms with E-state index in [4.69, 9.17) is 4.42 Å². The lowest BCUT2D eigenvalue weighted by atomic mass is 10.1. The molecule has 134 valence electrons. The predicted octanol–water partition coefficient (Wildman–Crippen LogP) is 3.06. The van der Waals surface area contributed by atoms with Crippen molar-refractivity contribution in [3.8, 4) is 11.5 Å². The molecular weight excluding hydrogens is 326 g/mol. The second-order valence-corrected chi connectivity index (χ2v) is 6.99. The number of fused-ring (bicyclic) bond motifs is 1. The topological polar surface area (TPSA) is 58.3 Å². The van der Waals surface area contributed by atoms with Crippen molar-refractivity contribution in [2.75, 3.05) is 25.5 Å². The van der Waals surface area contributed by atoms with E-state index in [2.05, 4.69) is 43.8 Å². The second kappa shape index (κ2) is 6.88. The van der Waals surface area contributed by atoms with Crippen LogP contribution in [-0.4, -0.2) is 40.5 Å². The highest BCUT2D eigenvalue weighted by atomic mass is 16.3. The van der Waals surface area contributed by atoms with Crippen molar-refractivity contribution in [3.63, 3.8) is 0 Å². The van der Waals surface area contributed by atoms with Gasteiger partial charge in [0.1, 0.15) is 18.4 Å². The maximum Gasteiger partial charge on any atom is 0.226 e. The number of nitrogens with zero attached hydrogens (tertiary/aromatic N) is 5. The van der Waals surface area contributed by atoms with Crippen molar-refractivity contribution in [3.05, 3.63) is 59.4 Å². The summed E-state index contributed by atoms with van der Waals surface area (Å²) in [6, 6.07) is 8.23. The molecule has 1 aliphatic heterocycles. The van der Waals surface area contributed by atoms with Crippen molar-refractivity contribution in [2.45, 2.75) is 26.4 Å². The fraction of sp³-hybridized carbons (Fsp3) is 0.350. The molecule has 0 unspecified atom stereocenters. The van der Waals surface area contributed by atoms with Crippen LogP contribution in [0.2, 0.25) is 0 Å². The lowest BCUT2D eigenvalue weighted by Crippen LogP contribution is -2.32. The SMILES string of the molecule is Cc1ccc(-c2nc(CN3CCc4ncnc(N(C)C)c4C3)co2)cc1. The minimum absolute atomic E-state index is 0.676. The van der Waals surface area contributed by atoms with Gasteiger partial charge in [-0.05, 0) is 19.1 Å². The zero-order valence-electron chi connectivity index (χ0n) is 15.4. The number of hydrogen-bond acceptors (Lipinski definition) is 6. The van der Waals surface area contributed by atoms with Crippen LogP contribution in [0.4, 0.5) is 5.82 Å². The van der Waals surface area contributed by atoms with Crippen LogP contribution in [0, 0.1) is 6.92 Å². The lowest BCUT2D eigenvalue weighted by Gasteiger charge is -2.29. The predicted molar refractivity (Wildman–Crippen MR) is 101 cm³/mol. The monoisotopic (exact) mass is 349 g/mol. The zero-order valence-corrected chi connectivity index (χ0v) is 15.4. The molecule has 1 aliphatic rings. The summed E-state index contributed by atoms with van der Waals surface area (Å²) in [7, 11) is 4.04. The Kier molecular flexibility index (Phi) is 4.42. The minimum Gasteiger partial charge on any atom is -0.444 e. The quantitative estimate of drug-likeness (QED) is 0.721. The summed E-state index contributed by atoms with van der Waals surface area (Å²) in [5.74, 6) is 1.68. The molecule has 26 heavy (non-hydrogen) atoms. The molecule has 0 saturated carbocycles. The number of rotatable bonds is 4. The van der Waals surface area contributed by atoms with Gasteiger partial charge >= 0.3 is 0 Å². The van der Waals surface area contributed by atoms with Gasteiger partial charge < -0.3 is 9.32 Å². The summed E-state index contributed by atoms with van der Waals surface area (Å²) in [4.78, 5) is 18.0. The van der Waals surface area contributed by atoms with E-state index in [0.717, 1.165) is 48.8 Å². The third-order valence-electron chi connectivity index (χ3n) is 4.72. The fourth-order valence-corrected chi connectivity index (χ4v) is 3.34. The highest BCUT2D eigenvalue weighted by molar-refractivity contribution is 5.53. The number of aromatic nitrogens is 3. The van der Waals surface area contributed by atoms with E-state index in [1.165, 1.54) is 11.1 Å². The summed E-state index contributed by atoms with van der Waals surface area (Å²) >= 11 is 0. The van der Waals surface area contributed by atoms with E-state index in [9.17, 15) is 0 Å². The van der Waals surface area contributed by atoms with Crippen LogP contribution < -0.4 is 4.90 Å². The van der Waals surface area contributed by atoms with Gasteiger partial charge in [0.05, 0.1) is 11.4 Å². The van der Waals surface area contributed by atoms with Gasteiger partial charge in [-0.15, -0.1) is 0 Å². The van der Waals surface area contributed by atoms with Gasteiger partial charge in [0.2, 0.25) is 5.89 Å². The van der Waals surface area contributed by atoms with E-state index in [0.29, 0.717) is 5.89 Å². The Balaban J connectivity index is 1.50. The van der Waals surface area contributed by atoms with E-state index >= 15 is 0 Å². The molecule has 0 amide bonds. The molecule has 0 radical (unpaired) electrons. The molecule has 6 heteroatoms. The van der Waals surface area contributed by atoms with Gasteiger partial charge in [-0.3, -0.25) is 4.90 Å². The van der Waals surface area contributed by atoms with Crippen LogP contribution in [-0.2, 0) is 19.5 Å². The average molecular weight is 349 g/mol. The number of oxazole rings is 1. The molecule has 4 rings (SSSR count). The van der Waals surface area contributed by atoms with Crippen LogP contribution in [0.25, 0.3) is 11.5 Å². The third kappa shape index (κ3) is 3.32. The largest absolute Gasteiger partial charge is 0.444 e. The second-order valence-electron chi connectivity index (χ2n) is 6.99. The molecule has 3 aromatic rings. The summed E-state index contributed by atoms with van der Waals surface area (Å²) in [5.41, 5.74) is 5.55. The van der Waals surface area contributed by atoms with Gasteiger partial charge in [-0.25, -0.2) is 15.0 Å². The zero-order chi connectivity index (χ0) is 18.1. The molecule has 0 atom stereocenters. The third-order valence-corrected chi connectivity index (χ3v) is 4.72. The average Bonchev–Trinajstić information content (AvgIpc) is 3.10. The Labute approximate surface area is 153 Å².